The molecule has 9 aromatic rings. The monoisotopic (exact) mass is 1060 g/mol. The third-order valence-corrected chi connectivity index (χ3v) is 22.0. The average molecular weight is 1060 g/mol. The van der Waals surface area contributed by atoms with Gasteiger partial charge in [0.1, 0.15) is 11.2 Å². The van der Waals surface area contributed by atoms with Gasteiger partial charge in [0.15, 0.2) is 0 Å². The molecule has 0 N–H and O–H groups in total. The SMILES string of the molecule is CC(C)(C)c1ccc(N2c3cc4c(cc3B3c5cc(C(C)(C)C)cc6c5N(c5cc(N7c8ccc(-c9ccccc9)cc8C8(C)CCCCC78C)cc2c53)C2(C)CCCCC62C)oc2ccc(C(C)(C)C)cc24)c(-c2ccccc2)c1. The van der Waals surface area contributed by atoms with E-state index in [-0.39, 0.29) is 44.9 Å². The molecule has 2 aliphatic carbocycles. The van der Waals surface area contributed by atoms with Crippen molar-refractivity contribution in [3.8, 4) is 22.3 Å². The van der Waals surface area contributed by atoms with Gasteiger partial charge in [-0.1, -0.05) is 193 Å². The zero-order valence-corrected chi connectivity index (χ0v) is 50.4. The Morgan fingerprint density at radius 3 is 1.68 bits per heavy atom. The highest BCUT2D eigenvalue weighted by molar-refractivity contribution is 7.00. The maximum atomic E-state index is 7.13. The molecule has 4 nitrogen and oxygen atoms in total. The van der Waals surface area contributed by atoms with Crippen molar-refractivity contribution < 1.29 is 4.42 Å². The van der Waals surface area contributed by atoms with Gasteiger partial charge >= 0.3 is 0 Å². The molecule has 1 aromatic heterocycles. The number of benzene rings is 8. The van der Waals surface area contributed by atoms with Crippen LogP contribution in [0.5, 0.6) is 0 Å². The quantitative estimate of drug-likeness (QED) is 0.164. The maximum absolute atomic E-state index is 7.13. The van der Waals surface area contributed by atoms with Crippen LogP contribution < -0.4 is 31.1 Å². The molecule has 81 heavy (non-hydrogen) atoms. The normalized spacial score (nSPS) is 23.6. The van der Waals surface area contributed by atoms with Crippen LogP contribution in [-0.4, -0.2) is 17.8 Å². The summed E-state index contributed by atoms with van der Waals surface area (Å²) in [6.07, 6.45) is 9.50. The topological polar surface area (TPSA) is 22.9 Å². The summed E-state index contributed by atoms with van der Waals surface area (Å²) >= 11 is 0. The summed E-state index contributed by atoms with van der Waals surface area (Å²) in [6, 6.07) is 59.8. The Labute approximate surface area is 482 Å². The van der Waals surface area contributed by atoms with Crippen LogP contribution in [0.4, 0.5) is 39.8 Å². The van der Waals surface area contributed by atoms with Gasteiger partial charge in [0.2, 0.25) is 0 Å². The zero-order valence-electron chi connectivity index (χ0n) is 50.4. The summed E-state index contributed by atoms with van der Waals surface area (Å²) in [5, 5.41) is 2.34. The van der Waals surface area contributed by atoms with Gasteiger partial charge in [-0.15, -0.1) is 0 Å². The lowest BCUT2D eigenvalue weighted by molar-refractivity contribution is 0.194. The summed E-state index contributed by atoms with van der Waals surface area (Å²) in [5.74, 6) is 0. The minimum Gasteiger partial charge on any atom is -0.456 e. The maximum Gasteiger partial charge on any atom is 0.252 e. The first-order valence-electron chi connectivity index (χ1n) is 30.7. The van der Waals surface area contributed by atoms with E-state index in [4.69, 9.17) is 4.42 Å². The fraction of sp³-hybridized carbons (Fsp3) is 0.368. The summed E-state index contributed by atoms with van der Waals surface area (Å²) < 4.78 is 7.13. The fourth-order valence-corrected chi connectivity index (χ4v) is 16.9. The van der Waals surface area contributed by atoms with Crippen molar-refractivity contribution >= 4 is 84.9 Å². The van der Waals surface area contributed by atoms with Gasteiger partial charge in [-0.05, 0) is 177 Å². The van der Waals surface area contributed by atoms with Crippen LogP contribution >= 0.6 is 0 Å². The molecular formula is C76H80BN3O. The molecule has 0 radical (unpaired) electrons. The van der Waals surface area contributed by atoms with Gasteiger partial charge in [0, 0.05) is 61.3 Å². The number of nitrogens with zero attached hydrogens (tertiary/aromatic N) is 3. The van der Waals surface area contributed by atoms with E-state index in [1.807, 2.05) is 0 Å². The Morgan fingerprint density at radius 2 is 1.00 bits per heavy atom. The standard InChI is InChI=1S/C76H80BN3O/c1-70(2,3)50-29-32-61(54(39-50)48-26-18-15-19-27-48)78-63-45-56-55-40-51(71(4,5)6)30-33-66(55)81-67(56)46-59(63)77-60-42-52(72(7,8)9)41-58-69(60)80(76(13)37-23-21-35-74(58,76)11)65-44-53(43-64(78)68(65)77)79-62-31-28-49(47-24-16-14-17-25-47)38-57(62)73(10)34-20-22-36-75(73,79)12/h14-19,24-33,38-46H,20-23,34-37H2,1-13H3. The second-order valence-electron chi connectivity index (χ2n) is 29.6. The highest BCUT2D eigenvalue weighted by Crippen LogP contribution is 2.65. The Balaban J connectivity index is 1.10. The first kappa shape index (κ1) is 50.9. The van der Waals surface area contributed by atoms with Crippen LogP contribution in [0.25, 0.3) is 44.2 Å². The molecule has 2 fully saturated rings. The van der Waals surface area contributed by atoms with Crippen molar-refractivity contribution in [3.63, 3.8) is 0 Å². The van der Waals surface area contributed by atoms with E-state index < -0.39 is 0 Å². The lowest BCUT2D eigenvalue weighted by Crippen LogP contribution is -2.64. The average Bonchev–Trinajstić information content (AvgIpc) is 1.84. The van der Waals surface area contributed by atoms with E-state index in [1.54, 1.807) is 5.56 Å². The molecule has 8 aromatic carbocycles. The summed E-state index contributed by atoms with van der Waals surface area (Å²) in [4.78, 5) is 8.57. The van der Waals surface area contributed by atoms with Crippen molar-refractivity contribution in [2.24, 2.45) is 0 Å². The van der Waals surface area contributed by atoms with E-state index in [1.165, 1.54) is 138 Å². The molecule has 0 saturated heterocycles. The molecule has 0 amide bonds. The minimum absolute atomic E-state index is 0.0254. The fourth-order valence-electron chi connectivity index (χ4n) is 16.9. The van der Waals surface area contributed by atoms with Gasteiger partial charge < -0.3 is 19.1 Å². The molecule has 5 heteroatoms. The number of anilines is 7. The summed E-state index contributed by atoms with van der Waals surface area (Å²) in [5.41, 5.74) is 26.8. The second-order valence-corrected chi connectivity index (χ2v) is 29.6. The number of hydrogen-bond acceptors (Lipinski definition) is 4. The number of furan rings is 1. The summed E-state index contributed by atoms with van der Waals surface area (Å²) in [6.45, 7) is 31.8. The van der Waals surface area contributed by atoms with Crippen LogP contribution in [0.15, 0.2) is 156 Å². The lowest BCUT2D eigenvalue weighted by Gasteiger charge is -2.54. The molecular weight excluding hydrogens is 982 g/mol. The molecule has 4 aliphatic heterocycles. The molecule has 6 aliphatic rings. The molecule has 0 bridgehead atoms. The third-order valence-electron chi connectivity index (χ3n) is 22.0. The predicted octanol–water partition coefficient (Wildman–Crippen LogP) is 18.9. The Kier molecular flexibility index (Phi) is 10.6. The van der Waals surface area contributed by atoms with E-state index in [0.29, 0.717) is 0 Å². The number of fused-ring (bicyclic) bond motifs is 13. The van der Waals surface area contributed by atoms with E-state index in [0.717, 1.165) is 35.8 Å². The van der Waals surface area contributed by atoms with E-state index >= 15 is 0 Å². The molecule has 408 valence electrons. The predicted molar refractivity (Wildman–Crippen MR) is 346 cm³/mol. The van der Waals surface area contributed by atoms with E-state index in [9.17, 15) is 0 Å². The van der Waals surface area contributed by atoms with Crippen LogP contribution in [-0.2, 0) is 27.1 Å². The molecule has 4 atom stereocenters. The smallest absolute Gasteiger partial charge is 0.252 e. The molecule has 0 spiro atoms. The third kappa shape index (κ3) is 6.96. The van der Waals surface area contributed by atoms with Gasteiger partial charge in [0.05, 0.1) is 16.8 Å². The highest BCUT2D eigenvalue weighted by Gasteiger charge is 2.63. The van der Waals surface area contributed by atoms with Crippen molar-refractivity contribution in [3.05, 3.63) is 179 Å². The minimum atomic E-state index is -0.176. The Bertz CT molecular complexity index is 4110. The first-order valence-corrected chi connectivity index (χ1v) is 30.7. The molecule has 15 rings (SSSR count). The van der Waals surface area contributed by atoms with Crippen molar-refractivity contribution in [2.75, 3.05) is 14.7 Å². The van der Waals surface area contributed by atoms with E-state index in [2.05, 4.69) is 256 Å². The highest BCUT2D eigenvalue weighted by atomic mass is 16.3. The van der Waals surface area contributed by atoms with Gasteiger partial charge in [-0.3, -0.25) is 0 Å². The van der Waals surface area contributed by atoms with Crippen molar-refractivity contribution in [2.45, 2.75) is 180 Å². The van der Waals surface area contributed by atoms with Crippen molar-refractivity contribution in [1.29, 1.82) is 0 Å². The number of hydrogen-bond donors (Lipinski definition) is 0. The van der Waals surface area contributed by atoms with Crippen LogP contribution in [0.2, 0.25) is 0 Å². The molecule has 2 saturated carbocycles. The van der Waals surface area contributed by atoms with Crippen LogP contribution in [0.1, 0.15) is 169 Å². The van der Waals surface area contributed by atoms with Crippen LogP contribution in [0.3, 0.4) is 0 Å². The lowest BCUT2D eigenvalue weighted by atomic mass is 9.33. The van der Waals surface area contributed by atoms with Gasteiger partial charge in [0.25, 0.3) is 6.71 Å². The van der Waals surface area contributed by atoms with Gasteiger partial charge in [-0.25, -0.2) is 0 Å². The van der Waals surface area contributed by atoms with Gasteiger partial charge in [-0.2, -0.15) is 0 Å². The molecule has 4 unspecified atom stereocenters. The van der Waals surface area contributed by atoms with Crippen LogP contribution in [0, 0.1) is 0 Å². The first-order chi connectivity index (χ1) is 38.5. The largest absolute Gasteiger partial charge is 0.456 e. The Hall–Kier alpha value is -6.98. The summed E-state index contributed by atoms with van der Waals surface area (Å²) in [7, 11) is 0. The zero-order chi connectivity index (χ0) is 56.1. The van der Waals surface area contributed by atoms with Crippen molar-refractivity contribution in [1.82, 2.24) is 0 Å². The Morgan fingerprint density at radius 1 is 0.420 bits per heavy atom. The number of rotatable bonds is 4. The molecule has 5 heterocycles. The second kappa shape index (κ2) is 16.8.